The van der Waals surface area contributed by atoms with E-state index in [9.17, 15) is 14.4 Å². The number of hydrogen-bond acceptors (Lipinski definition) is 5. The van der Waals surface area contributed by atoms with E-state index in [2.05, 4.69) is 21.0 Å². The Kier molecular flexibility index (Phi) is 9.05. The summed E-state index contributed by atoms with van der Waals surface area (Å²) in [5, 5.41) is 12.8. The van der Waals surface area contributed by atoms with Gasteiger partial charge in [-0.1, -0.05) is 36.4 Å². The van der Waals surface area contributed by atoms with Crippen LogP contribution in [0.25, 0.3) is 10.4 Å². The van der Waals surface area contributed by atoms with E-state index in [0.717, 1.165) is 35.3 Å². The molecule has 3 amide bonds. The summed E-state index contributed by atoms with van der Waals surface area (Å²) >= 11 is 1.44. The molecule has 9 heteroatoms. The molecule has 0 bridgehead atoms. The number of aromatic nitrogens is 2. The van der Waals surface area contributed by atoms with E-state index < -0.39 is 0 Å². The van der Waals surface area contributed by atoms with Gasteiger partial charge < -0.3 is 16.0 Å². The Morgan fingerprint density at radius 2 is 2.00 bits per heavy atom. The molecular weight excluding hydrogens is 498 g/mol. The highest BCUT2D eigenvalue weighted by molar-refractivity contribution is 7.17. The summed E-state index contributed by atoms with van der Waals surface area (Å²) in [7, 11) is 1.72. The second kappa shape index (κ2) is 12.8. The molecule has 38 heavy (non-hydrogen) atoms. The quantitative estimate of drug-likeness (QED) is 0.227. The van der Waals surface area contributed by atoms with Gasteiger partial charge in [-0.15, -0.1) is 11.3 Å². The Labute approximate surface area is 226 Å². The van der Waals surface area contributed by atoms with Gasteiger partial charge in [-0.3, -0.25) is 19.1 Å². The van der Waals surface area contributed by atoms with Crippen LogP contribution in [0.3, 0.4) is 0 Å². The van der Waals surface area contributed by atoms with E-state index >= 15 is 0 Å². The molecule has 1 saturated carbocycles. The summed E-state index contributed by atoms with van der Waals surface area (Å²) in [5.74, 6) is -0.283. The van der Waals surface area contributed by atoms with Gasteiger partial charge in [-0.25, -0.2) is 0 Å². The van der Waals surface area contributed by atoms with Crippen molar-refractivity contribution < 1.29 is 14.4 Å². The predicted molar refractivity (Wildman–Crippen MR) is 151 cm³/mol. The van der Waals surface area contributed by atoms with E-state index in [1.165, 1.54) is 16.0 Å². The van der Waals surface area contributed by atoms with Crippen LogP contribution in [-0.4, -0.2) is 34.0 Å². The maximum absolute atomic E-state index is 12.8. The predicted octanol–water partition coefficient (Wildman–Crippen LogP) is 4.99. The van der Waals surface area contributed by atoms with Gasteiger partial charge in [0, 0.05) is 41.1 Å². The molecule has 3 aromatic rings. The van der Waals surface area contributed by atoms with Gasteiger partial charge in [0.1, 0.15) is 5.69 Å². The first kappa shape index (κ1) is 26.8. The molecule has 8 nitrogen and oxygen atoms in total. The number of hydrogen-bond donors (Lipinski definition) is 3. The van der Waals surface area contributed by atoms with E-state index in [1.54, 1.807) is 19.3 Å². The lowest BCUT2D eigenvalue weighted by Gasteiger charge is -2.08. The van der Waals surface area contributed by atoms with E-state index in [4.69, 9.17) is 0 Å². The molecule has 1 fully saturated rings. The molecular formula is C29H31N5O3S. The number of allylic oxidation sites excluding steroid dienone is 5. The summed E-state index contributed by atoms with van der Waals surface area (Å²) < 4.78 is 1.53. The van der Waals surface area contributed by atoms with Crippen molar-refractivity contribution in [3.05, 3.63) is 94.8 Å². The number of nitrogens with one attached hydrogen (secondary N) is 3. The summed E-state index contributed by atoms with van der Waals surface area (Å²) in [6, 6.07) is 11.5. The standard InChI is InChI=1S/C29H31N5O3S/c1-3-9-21(32-28(36)25-16-17-31-34(25)2)11-6-4-5-10-20-18-26(29(37)33-22-14-15-22)38-27(20)23-12-7-8-13-24(23)30-19-35/h3-4,6-9,11-13,16-19,22H,5,10,14-15H2,1-2H3,(H,30,35)(H,32,36)(H,33,37)/b6-4+,9-3-,21-11+. The third-order valence-corrected chi connectivity index (χ3v) is 7.19. The fraction of sp³-hybridized carbons (Fsp3) is 0.241. The number of rotatable bonds is 12. The molecule has 0 atom stereocenters. The van der Waals surface area contributed by atoms with Gasteiger partial charge in [0.05, 0.1) is 4.88 Å². The maximum atomic E-state index is 12.8. The van der Waals surface area contributed by atoms with Crippen LogP contribution < -0.4 is 16.0 Å². The van der Waals surface area contributed by atoms with Crippen molar-refractivity contribution in [1.82, 2.24) is 20.4 Å². The summed E-state index contributed by atoms with van der Waals surface area (Å²) in [6.45, 7) is 1.89. The minimum Gasteiger partial charge on any atom is -0.349 e. The normalized spacial score (nSPS) is 13.7. The average Bonchev–Trinajstić information content (AvgIpc) is 3.44. The number of carbonyl (C=O) groups excluding carboxylic acids is 3. The first-order valence-corrected chi connectivity index (χ1v) is 13.3. The van der Waals surface area contributed by atoms with Gasteiger partial charge in [0.15, 0.2) is 0 Å². The zero-order valence-electron chi connectivity index (χ0n) is 21.4. The molecule has 196 valence electrons. The highest BCUT2D eigenvalue weighted by Gasteiger charge is 2.25. The van der Waals surface area contributed by atoms with Crippen LogP contribution in [0, 0.1) is 0 Å². The zero-order valence-corrected chi connectivity index (χ0v) is 22.3. The Morgan fingerprint density at radius 1 is 1.18 bits per heavy atom. The zero-order chi connectivity index (χ0) is 26.9. The van der Waals surface area contributed by atoms with Crippen LogP contribution in [-0.2, 0) is 18.3 Å². The number of para-hydroxylation sites is 1. The Hall–Kier alpha value is -4.24. The number of thiophene rings is 1. The van der Waals surface area contributed by atoms with Crippen LogP contribution in [0.1, 0.15) is 51.9 Å². The topological polar surface area (TPSA) is 105 Å². The molecule has 0 saturated heterocycles. The molecule has 0 aliphatic heterocycles. The fourth-order valence-corrected chi connectivity index (χ4v) is 5.08. The molecule has 0 spiro atoms. The van der Waals surface area contributed by atoms with Crippen molar-refractivity contribution in [2.24, 2.45) is 7.05 Å². The number of carbonyl (C=O) groups is 3. The third kappa shape index (κ3) is 6.95. The van der Waals surface area contributed by atoms with Gasteiger partial charge >= 0.3 is 0 Å². The molecule has 1 aromatic carbocycles. The lowest BCUT2D eigenvalue weighted by molar-refractivity contribution is -0.105. The van der Waals surface area contributed by atoms with Crippen molar-refractivity contribution in [3.63, 3.8) is 0 Å². The molecule has 1 aliphatic rings. The minimum absolute atomic E-state index is 0.0514. The molecule has 1 aliphatic carbocycles. The number of nitrogens with zero attached hydrogens (tertiary/aromatic N) is 2. The number of aryl methyl sites for hydroxylation is 2. The number of anilines is 1. The van der Waals surface area contributed by atoms with E-state index in [-0.39, 0.29) is 17.9 Å². The third-order valence-electron chi connectivity index (χ3n) is 5.98. The summed E-state index contributed by atoms with van der Waals surface area (Å²) in [5.41, 5.74) is 3.78. The second-order valence-corrected chi connectivity index (χ2v) is 9.96. The molecule has 3 N–H and O–H groups in total. The molecule has 0 radical (unpaired) electrons. The van der Waals surface area contributed by atoms with Crippen molar-refractivity contribution >= 4 is 35.2 Å². The van der Waals surface area contributed by atoms with Crippen LogP contribution >= 0.6 is 11.3 Å². The maximum Gasteiger partial charge on any atom is 0.273 e. The molecule has 2 aromatic heterocycles. The van der Waals surface area contributed by atoms with Crippen molar-refractivity contribution in [1.29, 1.82) is 0 Å². The molecule has 0 unspecified atom stereocenters. The summed E-state index contributed by atoms with van der Waals surface area (Å²) in [6.07, 6.45) is 15.2. The second-order valence-electron chi connectivity index (χ2n) is 8.90. The van der Waals surface area contributed by atoms with E-state index in [0.29, 0.717) is 34.8 Å². The van der Waals surface area contributed by atoms with Crippen LogP contribution in [0.15, 0.2) is 78.7 Å². The largest absolute Gasteiger partial charge is 0.349 e. The Balaban J connectivity index is 1.49. The first-order valence-electron chi connectivity index (χ1n) is 12.5. The van der Waals surface area contributed by atoms with Gasteiger partial charge in [0.25, 0.3) is 11.8 Å². The highest BCUT2D eigenvalue weighted by atomic mass is 32.1. The monoisotopic (exact) mass is 529 g/mol. The van der Waals surface area contributed by atoms with Crippen molar-refractivity contribution in [2.45, 2.75) is 38.6 Å². The SMILES string of the molecule is C\C=C/C(=C\C=C\CCc1cc(C(=O)NC2CC2)sc1-c1ccccc1NC=O)NC(=O)c1ccnn1C. The highest BCUT2D eigenvalue weighted by Crippen LogP contribution is 2.38. The Bertz CT molecular complexity index is 1390. The van der Waals surface area contributed by atoms with Gasteiger partial charge in [-0.05, 0) is 68.5 Å². The lowest BCUT2D eigenvalue weighted by atomic mass is 10.0. The van der Waals surface area contributed by atoms with E-state index in [1.807, 2.05) is 67.6 Å². The average molecular weight is 530 g/mol. The van der Waals surface area contributed by atoms with Gasteiger partial charge in [0.2, 0.25) is 6.41 Å². The van der Waals surface area contributed by atoms with Crippen LogP contribution in [0.2, 0.25) is 0 Å². The summed E-state index contributed by atoms with van der Waals surface area (Å²) in [4.78, 5) is 38.1. The van der Waals surface area contributed by atoms with Crippen LogP contribution in [0.4, 0.5) is 5.69 Å². The fourth-order valence-electron chi connectivity index (χ4n) is 3.93. The number of benzene rings is 1. The first-order chi connectivity index (χ1) is 18.5. The molecule has 4 rings (SSSR count). The van der Waals surface area contributed by atoms with Crippen molar-refractivity contribution in [3.8, 4) is 10.4 Å². The lowest BCUT2D eigenvalue weighted by Crippen LogP contribution is -2.24. The minimum atomic E-state index is -0.231. The van der Waals surface area contributed by atoms with Gasteiger partial charge in [-0.2, -0.15) is 5.10 Å². The smallest absolute Gasteiger partial charge is 0.273 e. The van der Waals surface area contributed by atoms with Crippen molar-refractivity contribution in [2.75, 3.05) is 5.32 Å². The van der Waals surface area contributed by atoms with Crippen LogP contribution in [0.5, 0.6) is 0 Å². The Morgan fingerprint density at radius 3 is 2.71 bits per heavy atom. The number of amides is 3. The molecule has 2 heterocycles.